The Morgan fingerprint density at radius 1 is 1.64 bits per heavy atom. The lowest BCUT2D eigenvalue weighted by atomic mass is 10.0. The van der Waals surface area contributed by atoms with Crippen molar-refractivity contribution in [3.8, 4) is 0 Å². The third-order valence-corrected chi connectivity index (χ3v) is 2.55. The number of likely N-dealkylation sites (tertiary alicyclic amines) is 1. The lowest BCUT2D eigenvalue weighted by molar-refractivity contribution is -0.151. The maximum Gasteiger partial charge on any atom is 0.304 e. The Kier molecular flexibility index (Phi) is 3.49. The summed E-state index contributed by atoms with van der Waals surface area (Å²) in [6, 6.07) is 0.224. The highest BCUT2D eigenvalue weighted by Crippen LogP contribution is 2.24. The summed E-state index contributed by atoms with van der Waals surface area (Å²) in [4.78, 5) is 23.7. The number of carbonyl (C=O) groups is 2. The van der Waals surface area contributed by atoms with Crippen molar-refractivity contribution in [3.05, 3.63) is 0 Å². The Labute approximate surface area is 84.2 Å². The van der Waals surface area contributed by atoms with Gasteiger partial charge in [0.1, 0.15) is 0 Å². The van der Waals surface area contributed by atoms with E-state index < -0.39 is 0 Å². The van der Waals surface area contributed by atoms with Gasteiger partial charge in [0.2, 0.25) is 5.91 Å². The van der Waals surface area contributed by atoms with Crippen molar-refractivity contribution in [2.24, 2.45) is 5.92 Å². The lowest BCUT2D eigenvalue weighted by Gasteiger charge is -2.26. The molecule has 1 heterocycles. The molecule has 1 atom stereocenters. The summed E-state index contributed by atoms with van der Waals surface area (Å²) >= 11 is 0. The summed E-state index contributed by atoms with van der Waals surface area (Å²) in [5.41, 5.74) is 0. The molecule has 0 saturated carbocycles. The molecule has 1 saturated heterocycles. The van der Waals surface area contributed by atoms with E-state index in [0.717, 1.165) is 6.42 Å². The molecule has 0 N–H and O–H groups in total. The van der Waals surface area contributed by atoms with Crippen LogP contribution in [0.1, 0.15) is 33.6 Å². The molecule has 0 aliphatic carbocycles. The van der Waals surface area contributed by atoms with Gasteiger partial charge >= 0.3 is 5.97 Å². The second-order valence-electron chi connectivity index (χ2n) is 3.98. The first-order valence-electron chi connectivity index (χ1n) is 4.95. The average Bonchev–Trinajstić information content (AvgIpc) is 2.43. The molecule has 1 fully saturated rings. The zero-order valence-electron chi connectivity index (χ0n) is 8.95. The fraction of sp³-hybridized carbons (Fsp3) is 0.800. The van der Waals surface area contributed by atoms with Crippen LogP contribution in [0.4, 0.5) is 0 Å². The summed E-state index contributed by atoms with van der Waals surface area (Å²) < 4.78 is 4.84. The largest absolute Gasteiger partial charge is 0.444 e. The fourth-order valence-electron chi connectivity index (χ4n) is 1.78. The summed E-state index contributed by atoms with van der Waals surface area (Å²) in [6.45, 7) is 5.61. The molecule has 0 radical (unpaired) electrons. The van der Waals surface area contributed by atoms with E-state index in [1.807, 2.05) is 0 Å². The predicted octanol–water partition coefficient (Wildman–Crippen LogP) is 1.15. The van der Waals surface area contributed by atoms with Gasteiger partial charge in [0, 0.05) is 19.4 Å². The molecule has 1 aliphatic rings. The number of hydrogen-bond acceptors (Lipinski definition) is 3. The monoisotopic (exact) mass is 199 g/mol. The van der Waals surface area contributed by atoms with Crippen LogP contribution in [0.25, 0.3) is 0 Å². The minimum absolute atomic E-state index is 0.0879. The van der Waals surface area contributed by atoms with Gasteiger partial charge in [0.25, 0.3) is 0 Å². The molecule has 4 nitrogen and oxygen atoms in total. The number of rotatable bonds is 3. The third-order valence-electron chi connectivity index (χ3n) is 2.55. The van der Waals surface area contributed by atoms with Crippen LogP contribution in [0.3, 0.4) is 0 Å². The molecule has 4 heteroatoms. The third kappa shape index (κ3) is 2.47. The van der Waals surface area contributed by atoms with Gasteiger partial charge in [-0.05, 0) is 12.3 Å². The Morgan fingerprint density at radius 3 is 2.79 bits per heavy atom. The van der Waals surface area contributed by atoms with Gasteiger partial charge in [-0.25, -0.2) is 0 Å². The SMILES string of the molecule is CC(=O)OCN1C(=O)CC[C@@H]1C(C)C. The van der Waals surface area contributed by atoms with Crippen LogP contribution in [0.15, 0.2) is 0 Å². The molecular formula is C10H17NO3. The van der Waals surface area contributed by atoms with Crippen LogP contribution in [-0.4, -0.2) is 29.5 Å². The van der Waals surface area contributed by atoms with E-state index in [4.69, 9.17) is 4.74 Å². The number of ether oxygens (including phenoxy) is 1. The maximum absolute atomic E-state index is 11.4. The zero-order chi connectivity index (χ0) is 10.7. The van der Waals surface area contributed by atoms with E-state index in [-0.39, 0.29) is 24.6 Å². The van der Waals surface area contributed by atoms with Gasteiger partial charge in [0.05, 0.1) is 0 Å². The molecule has 0 unspecified atom stereocenters. The summed E-state index contributed by atoms with van der Waals surface area (Å²) in [5, 5.41) is 0. The van der Waals surface area contributed by atoms with Gasteiger partial charge in [-0.15, -0.1) is 0 Å². The van der Waals surface area contributed by atoms with E-state index in [0.29, 0.717) is 12.3 Å². The van der Waals surface area contributed by atoms with E-state index in [2.05, 4.69) is 13.8 Å². The molecule has 0 bridgehead atoms. The van der Waals surface area contributed by atoms with Crippen LogP contribution in [0.5, 0.6) is 0 Å². The van der Waals surface area contributed by atoms with Gasteiger partial charge in [-0.3, -0.25) is 9.59 Å². The van der Waals surface area contributed by atoms with Crippen molar-refractivity contribution >= 4 is 11.9 Å². The van der Waals surface area contributed by atoms with Crippen molar-refractivity contribution in [2.45, 2.75) is 39.7 Å². The molecular weight excluding hydrogens is 182 g/mol. The number of esters is 1. The van der Waals surface area contributed by atoms with Crippen LogP contribution < -0.4 is 0 Å². The van der Waals surface area contributed by atoms with Crippen molar-refractivity contribution in [1.29, 1.82) is 0 Å². The Balaban J connectivity index is 2.53. The lowest BCUT2D eigenvalue weighted by Crippen LogP contribution is -2.38. The Bertz CT molecular complexity index is 238. The molecule has 0 aromatic heterocycles. The van der Waals surface area contributed by atoms with Crippen molar-refractivity contribution in [1.82, 2.24) is 4.90 Å². The van der Waals surface area contributed by atoms with Gasteiger partial charge in [-0.1, -0.05) is 13.8 Å². The molecule has 1 aliphatic heterocycles. The molecule has 14 heavy (non-hydrogen) atoms. The second-order valence-corrected chi connectivity index (χ2v) is 3.98. The highest BCUT2D eigenvalue weighted by Gasteiger charge is 2.33. The molecule has 0 aromatic rings. The summed E-state index contributed by atoms with van der Waals surface area (Å²) in [7, 11) is 0. The minimum atomic E-state index is -0.341. The van der Waals surface area contributed by atoms with Crippen LogP contribution >= 0.6 is 0 Å². The average molecular weight is 199 g/mol. The van der Waals surface area contributed by atoms with E-state index in [9.17, 15) is 9.59 Å². The smallest absolute Gasteiger partial charge is 0.304 e. The maximum atomic E-state index is 11.4. The van der Waals surface area contributed by atoms with Crippen molar-refractivity contribution in [3.63, 3.8) is 0 Å². The second kappa shape index (κ2) is 4.44. The number of nitrogens with zero attached hydrogens (tertiary/aromatic N) is 1. The molecule has 0 aromatic carbocycles. The summed E-state index contributed by atoms with van der Waals surface area (Å²) in [6.07, 6.45) is 1.45. The topological polar surface area (TPSA) is 46.6 Å². The first kappa shape index (κ1) is 11.0. The van der Waals surface area contributed by atoms with Crippen LogP contribution in [0, 0.1) is 5.92 Å². The highest BCUT2D eigenvalue weighted by atomic mass is 16.5. The van der Waals surface area contributed by atoms with Crippen LogP contribution in [0.2, 0.25) is 0 Å². The Hall–Kier alpha value is -1.06. The number of amides is 1. The van der Waals surface area contributed by atoms with Gasteiger partial charge < -0.3 is 9.64 Å². The minimum Gasteiger partial charge on any atom is -0.444 e. The Morgan fingerprint density at radius 2 is 2.29 bits per heavy atom. The van der Waals surface area contributed by atoms with E-state index in [1.165, 1.54) is 6.92 Å². The molecule has 1 rings (SSSR count). The normalized spacial score (nSPS) is 21.9. The molecule has 1 amide bonds. The number of hydrogen-bond donors (Lipinski definition) is 0. The predicted molar refractivity (Wildman–Crippen MR) is 51.3 cm³/mol. The number of carbonyl (C=O) groups excluding carboxylic acids is 2. The first-order valence-corrected chi connectivity index (χ1v) is 4.95. The summed E-state index contributed by atoms with van der Waals surface area (Å²) in [5.74, 6) is 0.161. The fourth-order valence-corrected chi connectivity index (χ4v) is 1.78. The van der Waals surface area contributed by atoms with E-state index in [1.54, 1.807) is 4.90 Å². The highest BCUT2D eigenvalue weighted by molar-refractivity contribution is 5.79. The van der Waals surface area contributed by atoms with Crippen molar-refractivity contribution in [2.75, 3.05) is 6.73 Å². The molecule has 80 valence electrons. The van der Waals surface area contributed by atoms with Gasteiger partial charge in [0.15, 0.2) is 6.73 Å². The van der Waals surface area contributed by atoms with Crippen molar-refractivity contribution < 1.29 is 14.3 Å². The van der Waals surface area contributed by atoms with Crippen LogP contribution in [-0.2, 0) is 14.3 Å². The first-order chi connectivity index (χ1) is 6.52. The van der Waals surface area contributed by atoms with E-state index >= 15 is 0 Å². The quantitative estimate of drug-likeness (QED) is 0.641. The van der Waals surface area contributed by atoms with Gasteiger partial charge in [-0.2, -0.15) is 0 Å². The molecule has 0 spiro atoms. The standard InChI is InChI=1S/C10H17NO3/c1-7(2)9-4-5-10(13)11(9)6-14-8(3)12/h7,9H,4-6H2,1-3H3/t9-/m1/s1. The zero-order valence-corrected chi connectivity index (χ0v) is 8.95.